The number of carbonyl (C=O) groups excluding carboxylic acids is 7. The highest BCUT2D eigenvalue weighted by molar-refractivity contribution is 5.96. The zero-order valence-electron chi connectivity index (χ0n) is 25.0. The minimum Gasteiger partial charge on any atom is -0.480 e. The van der Waals surface area contributed by atoms with E-state index in [0.29, 0.717) is 0 Å². The molecule has 0 aromatic heterocycles. The molecule has 7 atom stereocenters. The molecule has 0 saturated heterocycles. The number of carboxylic acid groups (broad SMARTS) is 1. The van der Waals surface area contributed by atoms with Crippen LogP contribution in [-0.4, -0.2) is 112 Å². The van der Waals surface area contributed by atoms with Gasteiger partial charge >= 0.3 is 5.97 Å². The van der Waals surface area contributed by atoms with Crippen LogP contribution in [0, 0.1) is 5.92 Å². The standard InChI is InChI=1S/C25H44N8O11/c1-10(2)18(28)23(41)30-13(5-7-16(26)36)21(39)29-11(3)20(38)33-19(12(4)35)24(42)31-14(6-8-17(27)37)22(40)32-15(9-34)25(43)44/h10-15,18-19,34-35H,5-9,28H2,1-4H3,(H2,26,36)(H2,27,37)(H,29,39)(H,30,41)(H,31,42)(H,32,40)(H,33,38)(H,43,44)/t11-,12+,13-,14-,15-,18-,19-/m0/s1. The smallest absolute Gasteiger partial charge is 0.328 e. The van der Waals surface area contributed by atoms with Crippen LogP contribution in [0.15, 0.2) is 0 Å². The average molecular weight is 633 g/mol. The predicted molar refractivity (Wildman–Crippen MR) is 151 cm³/mol. The predicted octanol–water partition coefficient (Wildman–Crippen LogP) is -5.60. The number of nitrogens with two attached hydrogens (primary N) is 3. The summed E-state index contributed by atoms with van der Waals surface area (Å²) in [5.41, 5.74) is 16.1. The molecule has 0 radical (unpaired) electrons. The van der Waals surface area contributed by atoms with Crippen LogP contribution in [0.1, 0.15) is 53.4 Å². The van der Waals surface area contributed by atoms with E-state index in [1.165, 1.54) is 6.92 Å². The molecule has 19 heteroatoms. The molecule has 250 valence electrons. The first-order valence-corrected chi connectivity index (χ1v) is 13.7. The lowest BCUT2D eigenvalue weighted by Crippen LogP contribution is -2.61. The molecule has 0 bridgehead atoms. The summed E-state index contributed by atoms with van der Waals surface area (Å²) in [6.07, 6.45) is -2.86. The van der Waals surface area contributed by atoms with E-state index in [1.54, 1.807) is 13.8 Å². The van der Waals surface area contributed by atoms with E-state index in [0.717, 1.165) is 6.92 Å². The van der Waals surface area contributed by atoms with Crippen molar-refractivity contribution in [2.75, 3.05) is 6.61 Å². The zero-order chi connectivity index (χ0) is 34.3. The molecule has 0 heterocycles. The van der Waals surface area contributed by atoms with Gasteiger partial charge in [-0.25, -0.2) is 4.79 Å². The highest BCUT2D eigenvalue weighted by Crippen LogP contribution is 2.05. The molecule has 0 unspecified atom stereocenters. The van der Waals surface area contributed by atoms with Gasteiger partial charge in [0.25, 0.3) is 0 Å². The largest absolute Gasteiger partial charge is 0.480 e. The number of carboxylic acids is 1. The first-order valence-electron chi connectivity index (χ1n) is 13.7. The second-order valence-electron chi connectivity index (χ2n) is 10.4. The van der Waals surface area contributed by atoms with Crippen molar-refractivity contribution in [2.45, 2.75) is 95.7 Å². The van der Waals surface area contributed by atoms with E-state index >= 15 is 0 Å². The molecule has 0 saturated carbocycles. The fourth-order valence-electron chi connectivity index (χ4n) is 3.46. The van der Waals surface area contributed by atoms with Gasteiger partial charge in [-0.1, -0.05) is 13.8 Å². The van der Waals surface area contributed by atoms with Crippen LogP contribution in [0.2, 0.25) is 0 Å². The maximum Gasteiger partial charge on any atom is 0.328 e. The number of aliphatic hydroxyl groups excluding tert-OH is 2. The van der Waals surface area contributed by atoms with Crippen molar-refractivity contribution >= 4 is 47.3 Å². The number of rotatable bonds is 20. The van der Waals surface area contributed by atoms with E-state index < -0.39 is 109 Å². The minimum absolute atomic E-state index is 0.210. The van der Waals surface area contributed by atoms with Gasteiger partial charge in [-0.2, -0.15) is 0 Å². The Labute approximate surface area is 253 Å². The molecule has 0 aromatic carbocycles. The number of aliphatic hydroxyl groups is 2. The highest BCUT2D eigenvalue weighted by atomic mass is 16.4. The van der Waals surface area contributed by atoms with Crippen LogP contribution in [0.4, 0.5) is 0 Å². The minimum atomic E-state index is -1.73. The van der Waals surface area contributed by atoms with Crippen LogP contribution in [0.5, 0.6) is 0 Å². The van der Waals surface area contributed by atoms with E-state index in [-0.39, 0.29) is 18.8 Å². The maximum atomic E-state index is 13.0. The third kappa shape index (κ3) is 14.2. The molecule has 0 aliphatic rings. The van der Waals surface area contributed by atoms with Gasteiger partial charge in [0.2, 0.25) is 41.4 Å². The van der Waals surface area contributed by atoms with E-state index in [1.807, 2.05) is 5.32 Å². The first kappa shape index (κ1) is 39.6. The Morgan fingerprint density at radius 3 is 1.45 bits per heavy atom. The second kappa shape index (κ2) is 19.0. The summed E-state index contributed by atoms with van der Waals surface area (Å²) in [5.74, 6) is -8.23. The average Bonchev–Trinajstić information content (AvgIpc) is 2.92. The molecule has 19 nitrogen and oxygen atoms in total. The van der Waals surface area contributed by atoms with Gasteiger partial charge in [-0.15, -0.1) is 0 Å². The number of aliphatic carboxylic acids is 1. The van der Waals surface area contributed by atoms with Crippen molar-refractivity contribution in [1.82, 2.24) is 26.6 Å². The van der Waals surface area contributed by atoms with Crippen molar-refractivity contribution < 1.29 is 53.7 Å². The molecule has 14 N–H and O–H groups in total. The highest BCUT2D eigenvalue weighted by Gasteiger charge is 2.33. The summed E-state index contributed by atoms with van der Waals surface area (Å²) in [5, 5.41) is 39.5. The van der Waals surface area contributed by atoms with E-state index in [9.17, 15) is 43.5 Å². The number of hydrogen-bond acceptors (Lipinski definition) is 11. The van der Waals surface area contributed by atoms with Crippen LogP contribution < -0.4 is 43.8 Å². The topological polar surface area (TPSA) is 335 Å². The van der Waals surface area contributed by atoms with Crippen LogP contribution in [-0.2, 0) is 38.4 Å². The van der Waals surface area contributed by atoms with E-state index in [2.05, 4.69) is 21.3 Å². The van der Waals surface area contributed by atoms with Gasteiger partial charge in [0.1, 0.15) is 30.2 Å². The summed E-state index contributed by atoms with van der Waals surface area (Å²) in [6.45, 7) is 4.73. The summed E-state index contributed by atoms with van der Waals surface area (Å²) < 4.78 is 0. The Kier molecular flexibility index (Phi) is 17.1. The molecular formula is C25H44N8O11. The van der Waals surface area contributed by atoms with Gasteiger partial charge in [0, 0.05) is 12.8 Å². The Morgan fingerprint density at radius 2 is 1.07 bits per heavy atom. The van der Waals surface area contributed by atoms with Crippen molar-refractivity contribution in [3.8, 4) is 0 Å². The van der Waals surface area contributed by atoms with Gasteiger partial charge in [-0.3, -0.25) is 33.6 Å². The lowest BCUT2D eigenvalue weighted by Gasteiger charge is -2.27. The lowest BCUT2D eigenvalue weighted by atomic mass is 10.0. The molecule has 0 aliphatic heterocycles. The maximum absolute atomic E-state index is 13.0. The van der Waals surface area contributed by atoms with E-state index in [4.69, 9.17) is 27.4 Å². The summed E-state index contributed by atoms with van der Waals surface area (Å²) in [6, 6.07) is -8.65. The number of primary amides is 2. The van der Waals surface area contributed by atoms with Gasteiger partial charge < -0.3 is 59.1 Å². The Bertz CT molecular complexity index is 1070. The fraction of sp³-hybridized carbons (Fsp3) is 0.680. The van der Waals surface area contributed by atoms with Crippen molar-refractivity contribution in [3.63, 3.8) is 0 Å². The first-order chi connectivity index (χ1) is 20.3. The number of amides is 7. The van der Waals surface area contributed by atoms with Crippen LogP contribution in [0.25, 0.3) is 0 Å². The summed E-state index contributed by atoms with van der Waals surface area (Å²) in [4.78, 5) is 97.4. The monoisotopic (exact) mass is 632 g/mol. The second-order valence-corrected chi connectivity index (χ2v) is 10.4. The molecule has 0 rings (SSSR count). The third-order valence-electron chi connectivity index (χ3n) is 6.26. The zero-order valence-corrected chi connectivity index (χ0v) is 25.0. The molecular weight excluding hydrogens is 588 g/mol. The molecule has 0 aromatic rings. The molecule has 7 amide bonds. The molecule has 0 fully saturated rings. The van der Waals surface area contributed by atoms with Crippen molar-refractivity contribution in [3.05, 3.63) is 0 Å². The van der Waals surface area contributed by atoms with Gasteiger partial charge in [0.05, 0.1) is 18.8 Å². The Hall–Kier alpha value is -4.36. The molecule has 44 heavy (non-hydrogen) atoms. The number of carbonyl (C=O) groups is 8. The van der Waals surface area contributed by atoms with Gasteiger partial charge in [-0.05, 0) is 32.6 Å². The summed E-state index contributed by atoms with van der Waals surface area (Å²) in [7, 11) is 0. The van der Waals surface area contributed by atoms with Gasteiger partial charge in [0.15, 0.2) is 0 Å². The quantitative estimate of drug-likeness (QED) is 0.0598. The number of hydrogen-bond donors (Lipinski definition) is 11. The third-order valence-corrected chi connectivity index (χ3v) is 6.26. The van der Waals surface area contributed by atoms with Crippen LogP contribution in [0.3, 0.4) is 0 Å². The molecule has 0 spiro atoms. The lowest BCUT2D eigenvalue weighted by molar-refractivity contribution is -0.143. The fourth-order valence-corrected chi connectivity index (χ4v) is 3.46. The van der Waals surface area contributed by atoms with Crippen molar-refractivity contribution in [2.24, 2.45) is 23.1 Å². The van der Waals surface area contributed by atoms with Crippen molar-refractivity contribution in [1.29, 1.82) is 0 Å². The summed E-state index contributed by atoms with van der Waals surface area (Å²) >= 11 is 0. The Morgan fingerprint density at radius 1 is 0.636 bits per heavy atom. The SMILES string of the molecule is CC(C)[C@H](N)C(=O)N[C@@H](CCC(N)=O)C(=O)N[C@@H](C)C(=O)N[C@H](C(=O)N[C@@H](CCC(N)=O)C(=O)N[C@@H](CO)C(=O)O)[C@@H](C)O. The normalized spacial score (nSPS) is 15.7. The van der Waals surface area contributed by atoms with Crippen LogP contribution >= 0.6 is 0 Å². The number of nitrogens with one attached hydrogen (secondary N) is 5. The molecule has 0 aliphatic carbocycles. The Balaban J connectivity index is 5.69.